The molecule has 1 aliphatic carbocycles. The molecule has 0 saturated heterocycles. The molecule has 0 bridgehead atoms. The lowest BCUT2D eigenvalue weighted by molar-refractivity contribution is 0.721. The number of para-hydroxylation sites is 2. The largest absolute Gasteiger partial charge is 0.385 e. The second kappa shape index (κ2) is 10.9. The van der Waals surface area contributed by atoms with Crippen LogP contribution in [-0.4, -0.2) is 10.6 Å². The predicted octanol–water partition coefficient (Wildman–Crippen LogP) is 9.45. The van der Waals surface area contributed by atoms with Crippen molar-refractivity contribution in [1.29, 1.82) is 0 Å². The van der Waals surface area contributed by atoms with Crippen molar-refractivity contribution in [2.24, 2.45) is 5.73 Å². The summed E-state index contributed by atoms with van der Waals surface area (Å²) in [5.41, 5.74) is 16.8. The number of hydrogen-bond donors (Lipinski definition) is 1. The summed E-state index contributed by atoms with van der Waals surface area (Å²) in [5.74, 6) is 0.963. The fraction of sp³-hybridized carbons (Fsp3) is 0.0732. The monoisotopic (exact) mass is 567 g/mol. The molecule has 1 aromatic heterocycles. The molecular formula is C41H33N3. The van der Waals surface area contributed by atoms with Gasteiger partial charge in [-0.05, 0) is 65.1 Å². The van der Waals surface area contributed by atoms with E-state index in [2.05, 4.69) is 173 Å². The van der Waals surface area contributed by atoms with Gasteiger partial charge in [0.2, 0.25) is 0 Å². The van der Waals surface area contributed by atoms with Gasteiger partial charge in [0, 0.05) is 28.1 Å². The molecule has 0 amide bonds. The standard InChI is InChI=1S/C41H33N3/c42-39(25-12-7-14-29-15-13-18-31(28-29)30-16-3-1-4-17-30)44-36-24-11-9-22-34(36)41-38(44)27-26-37-40(41)33-21-8-10-23-35(33)43(37)32-19-5-2-6-20-32/h1-13,15-28,34,36H,14,42H2/b12-7-,39-25+. The number of fused-ring (bicyclic) bond motifs is 7. The molecule has 2 aliphatic rings. The van der Waals surface area contributed by atoms with Crippen molar-refractivity contribution in [3.05, 3.63) is 181 Å². The van der Waals surface area contributed by atoms with Gasteiger partial charge in [0.15, 0.2) is 0 Å². The third kappa shape index (κ3) is 4.37. The normalized spacial score (nSPS) is 17.5. The van der Waals surface area contributed by atoms with E-state index in [-0.39, 0.29) is 12.0 Å². The van der Waals surface area contributed by atoms with Crippen molar-refractivity contribution in [3.8, 4) is 16.8 Å². The fourth-order valence-electron chi connectivity index (χ4n) is 7.02. The topological polar surface area (TPSA) is 34.2 Å². The lowest BCUT2D eigenvalue weighted by Gasteiger charge is -2.28. The minimum atomic E-state index is 0.131. The lowest BCUT2D eigenvalue weighted by atomic mass is 9.89. The van der Waals surface area contributed by atoms with Gasteiger partial charge in [-0.15, -0.1) is 0 Å². The Labute approximate surface area is 258 Å². The zero-order chi connectivity index (χ0) is 29.5. The first-order valence-corrected chi connectivity index (χ1v) is 15.3. The van der Waals surface area contributed by atoms with Crippen molar-refractivity contribution in [1.82, 2.24) is 4.57 Å². The van der Waals surface area contributed by atoms with Crippen LogP contribution in [0, 0.1) is 0 Å². The summed E-state index contributed by atoms with van der Waals surface area (Å²) in [6.45, 7) is 0. The molecule has 212 valence electrons. The zero-order valence-electron chi connectivity index (χ0n) is 24.4. The first-order chi connectivity index (χ1) is 21.8. The highest BCUT2D eigenvalue weighted by Gasteiger charge is 2.39. The average molecular weight is 568 g/mol. The van der Waals surface area contributed by atoms with Gasteiger partial charge in [0.25, 0.3) is 0 Å². The molecule has 8 rings (SSSR count). The van der Waals surface area contributed by atoms with E-state index in [0.717, 1.165) is 12.2 Å². The fourth-order valence-corrected chi connectivity index (χ4v) is 7.02. The van der Waals surface area contributed by atoms with Gasteiger partial charge in [-0.3, -0.25) is 0 Å². The van der Waals surface area contributed by atoms with Crippen LogP contribution in [0.2, 0.25) is 0 Å². The predicted molar refractivity (Wildman–Crippen MR) is 185 cm³/mol. The van der Waals surface area contributed by atoms with Gasteiger partial charge >= 0.3 is 0 Å². The second-order valence-electron chi connectivity index (χ2n) is 11.5. The van der Waals surface area contributed by atoms with Crippen LogP contribution in [-0.2, 0) is 6.42 Å². The van der Waals surface area contributed by atoms with E-state index in [1.807, 2.05) is 0 Å². The van der Waals surface area contributed by atoms with Crippen LogP contribution in [0.15, 0.2) is 170 Å². The molecule has 2 atom stereocenters. The molecule has 2 N–H and O–H groups in total. The number of anilines is 1. The third-order valence-electron chi connectivity index (χ3n) is 8.94. The average Bonchev–Trinajstić information content (AvgIpc) is 3.60. The number of benzene rings is 5. The van der Waals surface area contributed by atoms with Gasteiger partial charge in [-0.25, -0.2) is 0 Å². The molecule has 44 heavy (non-hydrogen) atoms. The summed E-state index contributed by atoms with van der Waals surface area (Å²) < 4.78 is 2.39. The van der Waals surface area contributed by atoms with E-state index in [1.165, 1.54) is 55.4 Å². The van der Waals surface area contributed by atoms with Crippen LogP contribution < -0.4 is 10.6 Å². The minimum Gasteiger partial charge on any atom is -0.385 e. The van der Waals surface area contributed by atoms with Gasteiger partial charge in [0.1, 0.15) is 5.82 Å². The Kier molecular flexibility index (Phi) is 6.49. The second-order valence-corrected chi connectivity index (χ2v) is 11.5. The maximum atomic E-state index is 6.91. The van der Waals surface area contributed by atoms with Gasteiger partial charge in [-0.1, -0.05) is 127 Å². The Balaban J connectivity index is 1.16. The van der Waals surface area contributed by atoms with Gasteiger partial charge < -0.3 is 15.2 Å². The third-order valence-corrected chi connectivity index (χ3v) is 8.94. The maximum absolute atomic E-state index is 6.91. The SMILES string of the molecule is N/C(=C\C=C/Cc1cccc(-c2ccccc2)c1)N1c2ccc3c(c2C2C=CC=CC21)c1ccccc1n3-c1ccccc1. The van der Waals surface area contributed by atoms with Crippen LogP contribution >= 0.6 is 0 Å². The van der Waals surface area contributed by atoms with E-state index in [9.17, 15) is 0 Å². The number of nitrogens with zero attached hydrogens (tertiary/aromatic N) is 2. The minimum absolute atomic E-state index is 0.131. The van der Waals surface area contributed by atoms with E-state index in [0.29, 0.717) is 0 Å². The molecule has 0 saturated carbocycles. The van der Waals surface area contributed by atoms with Crippen LogP contribution in [0.1, 0.15) is 17.0 Å². The lowest BCUT2D eigenvalue weighted by Crippen LogP contribution is -2.35. The molecule has 6 aromatic rings. The summed E-state index contributed by atoms with van der Waals surface area (Å²) >= 11 is 0. The highest BCUT2D eigenvalue weighted by atomic mass is 15.2. The molecule has 0 radical (unpaired) electrons. The van der Waals surface area contributed by atoms with Crippen LogP contribution in [0.5, 0.6) is 0 Å². The maximum Gasteiger partial charge on any atom is 0.104 e. The molecular weight excluding hydrogens is 534 g/mol. The Morgan fingerprint density at radius 2 is 1.45 bits per heavy atom. The van der Waals surface area contributed by atoms with E-state index in [1.54, 1.807) is 0 Å². The van der Waals surface area contributed by atoms with Crippen LogP contribution in [0.4, 0.5) is 5.69 Å². The molecule has 3 heteroatoms. The first-order valence-electron chi connectivity index (χ1n) is 15.3. The smallest absolute Gasteiger partial charge is 0.104 e. The van der Waals surface area contributed by atoms with E-state index >= 15 is 0 Å². The summed E-state index contributed by atoms with van der Waals surface area (Å²) in [4.78, 5) is 2.31. The number of allylic oxidation sites excluding steroid dienone is 5. The van der Waals surface area contributed by atoms with Crippen molar-refractivity contribution in [2.75, 3.05) is 4.90 Å². The van der Waals surface area contributed by atoms with Gasteiger partial charge in [-0.2, -0.15) is 0 Å². The van der Waals surface area contributed by atoms with Crippen LogP contribution in [0.3, 0.4) is 0 Å². The van der Waals surface area contributed by atoms with Crippen molar-refractivity contribution in [2.45, 2.75) is 18.4 Å². The Morgan fingerprint density at radius 3 is 2.32 bits per heavy atom. The molecule has 2 unspecified atom stereocenters. The van der Waals surface area contributed by atoms with E-state index in [4.69, 9.17) is 5.73 Å². The summed E-state index contributed by atoms with van der Waals surface area (Å²) in [6.07, 6.45) is 16.1. The highest BCUT2D eigenvalue weighted by Crippen LogP contribution is 2.50. The molecule has 3 nitrogen and oxygen atoms in total. The summed E-state index contributed by atoms with van der Waals surface area (Å²) in [6, 6.07) is 43.3. The molecule has 5 aromatic carbocycles. The molecule has 1 aliphatic heterocycles. The highest BCUT2D eigenvalue weighted by molar-refractivity contribution is 6.13. The molecule has 0 fully saturated rings. The van der Waals surface area contributed by atoms with E-state index < -0.39 is 0 Å². The summed E-state index contributed by atoms with van der Waals surface area (Å²) in [7, 11) is 0. The van der Waals surface area contributed by atoms with Crippen molar-refractivity contribution < 1.29 is 0 Å². The summed E-state index contributed by atoms with van der Waals surface area (Å²) in [5, 5.41) is 2.58. The molecule has 0 spiro atoms. The molecule has 2 heterocycles. The zero-order valence-corrected chi connectivity index (χ0v) is 24.4. The number of nitrogens with two attached hydrogens (primary N) is 1. The number of hydrogen-bond acceptors (Lipinski definition) is 2. The van der Waals surface area contributed by atoms with Crippen LogP contribution in [0.25, 0.3) is 38.6 Å². The first kappa shape index (κ1) is 26.1. The Bertz CT molecular complexity index is 2110. The number of rotatable bonds is 6. The van der Waals surface area contributed by atoms with Crippen molar-refractivity contribution >= 4 is 27.5 Å². The Hall–Kier alpha value is -5.54. The number of aromatic nitrogens is 1. The Morgan fingerprint density at radius 1 is 0.705 bits per heavy atom. The quantitative estimate of drug-likeness (QED) is 0.203. The van der Waals surface area contributed by atoms with Gasteiger partial charge in [0.05, 0.1) is 17.1 Å². The van der Waals surface area contributed by atoms with Crippen molar-refractivity contribution in [3.63, 3.8) is 0 Å².